The molecule has 0 unspecified atom stereocenters. The van der Waals surface area contributed by atoms with Gasteiger partial charge in [0.15, 0.2) is 5.69 Å². The SMILES string of the molecule is CNC(=O)[C@H]1CCCCN1C(=O)c1cc(C)n(C(C)(C)C)n1. The standard InChI is InChI=1S/C16H26N4O2/c1-11-10-12(18-20(11)16(2,3)4)15(22)19-9-7-6-8-13(19)14(21)17-5/h10,13H,6-9H2,1-5H3,(H,17,21)/t13-/m1/s1. The van der Waals surface area contributed by atoms with E-state index in [1.807, 2.05) is 17.7 Å². The van der Waals surface area contributed by atoms with Crippen LogP contribution in [-0.4, -0.2) is 46.1 Å². The minimum Gasteiger partial charge on any atom is -0.357 e. The Hall–Kier alpha value is -1.85. The third kappa shape index (κ3) is 3.15. The highest BCUT2D eigenvalue weighted by Gasteiger charge is 2.33. The second-order valence-electron chi connectivity index (χ2n) is 6.88. The fraction of sp³-hybridized carbons (Fsp3) is 0.688. The minimum absolute atomic E-state index is 0.0972. The quantitative estimate of drug-likeness (QED) is 0.904. The predicted molar refractivity (Wildman–Crippen MR) is 84.7 cm³/mol. The second-order valence-corrected chi connectivity index (χ2v) is 6.88. The maximum Gasteiger partial charge on any atom is 0.275 e. The van der Waals surface area contributed by atoms with Gasteiger partial charge in [0.25, 0.3) is 5.91 Å². The molecule has 6 nitrogen and oxygen atoms in total. The third-order valence-corrected chi connectivity index (χ3v) is 4.05. The zero-order chi connectivity index (χ0) is 16.5. The van der Waals surface area contributed by atoms with Gasteiger partial charge < -0.3 is 10.2 Å². The van der Waals surface area contributed by atoms with E-state index in [1.165, 1.54) is 0 Å². The molecular weight excluding hydrogens is 280 g/mol. The van der Waals surface area contributed by atoms with E-state index in [0.717, 1.165) is 18.5 Å². The molecule has 1 atom stereocenters. The molecule has 0 aromatic carbocycles. The lowest BCUT2D eigenvalue weighted by atomic mass is 10.0. The molecule has 1 fully saturated rings. The van der Waals surface area contributed by atoms with Crippen LogP contribution in [0.1, 0.15) is 56.2 Å². The molecule has 0 radical (unpaired) electrons. The van der Waals surface area contributed by atoms with Gasteiger partial charge in [-0.1, -0.05) is 0 Å². The number of likely N-dealkylation sites (tertiary alicyclic amines) is 1. The van der Waals surface area contributed by atoms with Gasteiger partial charge in [0, 0.05) is 19.3 Å². The lowest BCUT2D eigenvalue weighted by Crippen LogP contribution is -2.51. The normalized spacial score (nSPS) is 19.1. The Bertz CT molecular complexity index is 571. The van der Waals surface area contributed by atoms with Crippen molar-refractivity contribution in [1.29, 1.82) is 0 Å². The predicted octanol–water partition coefficient (Wildman–Crippen LogP) is 1.69. The van der Waals surface area contributed by atoms with Crippen molar-refractivity contribution in [2.24, 2.45) is 0 Å². The summed E-state index contributed by atoms with van der Waals surface area (Å²) in [5.41, 5.74) is 1.19. The summed E-state index contributed by atoms with van der Waals surface area (Å²) in [6, 6.07) is 1.43. The van der Waals surface area contributed by atoms with Crippen molar-refractivity contribution in [2.75, 3.05) is 13.6 Å². The molecule has 1 aromatic rings. The number of likely N-dealkylation sites (N-methyl/N-ethyl adjacent to an activating group) is 1. The van der Waals surface area contributed by atoms with E-state index < -0.39 is 0 Å². The van der Waals surface area contributed by atoms with Gasteiger partial charge in [0.05, 0.1) is 5.54 Å². The number of carbonyl (C=O) groups excluding carboxylic acids is 2. The monoisotopic (exact) mass is 306 g/mol. The topological polar surface area (TPSA) is 67.2 Å². The average molecular weight is 306 g/mol. The van der Waals surface area contributed by atoms with Crippen LogP contribution in [0.3, 0.4) is 0 Å². The van der Waals surface area contributed by atoms with Gasteiger partial charge in [0.2, 0.25) is 5.91 Å². The van der Waals surface area contributed by atoms with Crippen molar-refractivity contribution in [3.05, 3.63) is 17.5 Å². The smallest absolute Gasteiger partial charge is 0.275 e. The summed E-state index contributed by atoms with van der Waals surface area (Å²) in [5, 5.41) is 7.12. The fourth-order valence-electron chi connectivity index (χ4n) is 3.02. The molecule has 0 saturated carbocycles. The molecule has 2 rings (SSSR count). The summed E-state index contributed by atoms with van der Waals surface area (Å²) < 4.78 is 1.86. The van der Waals surface area contributed by atoms with Gasteiger partial charge in [-0.25, -0.2) is 0 Å². The van der Waals surface area contributed by atoms with Gasteiger partial charge in [-0.05, 0) is 53.0 Å². The summed E-state index contributed by atoms with van der Waals surface area (Å²) in [4.78, 5) is 26.5. The molecule has 1 N–H and O–H groups in total. The maximum atomic E-state index is 12.8. The molecule has 6 heteroatoms. The first kappa shape index (κ1) is 16.5. The lowest BCUT2D eigenvalue weighted by molar-refractivity contribution is -0.126. The van der Waals surface area contributed by atoms with E-state index in [1.54, 1.807) is 11.9 Å². The Balaban J connectivity index is 2.28. The van der Waals surface area contributed by atoms with E-state index in [4.69, 9.17) is 0 Å². The van der Waals surface area contributed by atoms with E-state index in [-0.39, 0.29) is 23.4 Å². The van der Waals surface area contributed by atoms with Crippen molar-refractivity contribution < 1.29 is 9.59 Å². The molecule has 2 heterocycles. The van der Waals surface area contributed by atoms with Gasteiger partial charge in [-0.15, -0.1) is 0 Å². The lowest BCUT2D eigenvalue weighted by Gasteiger charge is -2.33. The maximum absolute atomic E-state index is 12.8. The molecule has 1 aromatic heterocycles. The largest absolute Gasteiger partial charge is 0.357 e. The molecule has 22 heavy (non-hydrogen) atoms. The first-order valence-corrected chi connectivity index (χ1v) is 7.85. The number of hydrogen-bond donors (Lipinski definition) is 1. The Morgan fingerprint density at radius 3 is 2.55 bits per heavy atom. The number of nitrogens with zero attached hydrogens (tertiary/aromatic N) is 3. The fourth-order valence-corrected chi connectivity index (χ4v) is 3.02. The van der Waals surface area contributed by atoms with Gasteiger partial charge in [-0.3, -0.25) is 14.3 Å². The van der Waals surface area contributed by atoms with Crippen LogP contribution in [0.25, 0.3) is 0 Å². The van der Waals surface area contributed by atoms with Crippen molar-refractivity contribution in [3.8, 4) is 0 Å². The number of piperidine rings is 1. The molecule has 122 valence electrons. The molecule has 2 amide bonds. The zero-order valence-corrected chi connectivity index (χ0v) is 14.1. The summed E-state index contributed by atoms with van der Waals surface area (Å²) in [6.07, 6.45) is 2.61. The van der Waals surface area contributed by atoms with Crippen LogP contribution < -0.4 is 5.32 Å². The van der Waals surface area contributed by atoms with Crippen molar-refractivity contribution in [3.63, 3.8) is 0 Å². The van der Waals surface area contributed by atoms with Crippen LogP contribution in [0.2, 0.25) is 0 Å². The number of aryl methyl sites for hydroxylation is 1. The first-order valence-electron chi connectivity index (χ1n) is 7.85. The number of amides is 2. The van der Waals surface area contributed by atoms with Gasteiger partial charge >= 0.3 is 0 Å². The second kappa shape index (κ2) is 6.10. The third-order valence-electron chi connectivity index (χ3n) is 4.05. The average Bonchev–Trinajstić information content (AvgIpc) is 2.87. The molecule has 0 bridgehead atoms. The van der Waals surface area contributed by atoms with E-state index in [0.29, 0.717) is 18.7 Å². The molecule has 0 aliphatic carbocycles. The summed E-state index contributed by atoms with van der Waals surface area (Å²) >= 11 is 0. The van der Waals surface area contributed by atoms with Crippen molar-refractivity contribution in [1.82, 2.24) is 20.0 Å². The Morgan fingerprint density at radius 2 is 2.00 bits per heavy atom. The number of hydrogen-bond acceptors (Lipinski definition) is 3. The summed E-state index contributed by atoms with van der Waals surface area (Å²) in [5.74, 6) is -0.251. The molecule has 0 spiro atoms. The van der Waals surface area contributed by atoms with Crippen LogP contribution >= 0.6 is 0 Å². The Morgan fingerprint density at radius 1 is 1.32 bits per heavy atom. The van der Waals surface area contributed by atoms with Crippen LogP contribution in [0.4, 0.5) is 0 Å². The number of aromatic nitrogens is 2. The number of carbonyl (C=O) groups is 2. The number of rotatable bonds is 2. The van der Waals surface area contributed by atoms with Gasteiger partial charge in [0.1, 0.15) is 6.04 Å². The van der Waals surface area contributed by atoms with Gasteiger partial charge in [-0.2, -0.15) is 5.10 Å². The van der Waals surface area contributed by atoms with E-state index in [2.05, 4.69) is 31.2 Å². The zero-order valence-electron chi connectivity index (χ0n) is 14.1. The highest BCUT2D eigenvalue weighted by atomic mass is 16.2. The molecule has 1 aliphatic heterocycles. The molecule has 1 saturated heterocycles. The van der Waals surface area contributed by atoms with E-state index >= 15 is 0 Å². The number of nitrogens with one attached hydrogen (secondary N) is 1. The van der Waals surface area contributed by atoms with Crippen molar-refractivity contribution >= 4 is 11.8 Å². The highest BCUT2D eigenvalue weighted by molar-refractivity contribution is 5.96. The highest BCUT2D eigenvalue weighted by Crippen LogP contribution is 2.22. The molecule has 1 aliphatic rings. The van der Waals surface area contributed by atoms with Crippen molar-refractivity contribution in [2.45, 2.75) is 58.5 Å². The van der Waals surface area contributed by atoms with Crippen LogP contribution in [-0.2, 0) is 10.3 Å². The summed E-state index contributed by atoms with van der Waals surface area (Å²) in [6.45, 7) is 8.71. The Kier molecular flexibility index (Phi) is 4.58. The minimum atomic E-state index is -0.383. The van der Waals surface area contributed by atoms with Crippen LogP contribution in [0.5, 0.6) is 0 Å². The molecular formula is C16H26N4O2. The van der Waals surface area contributed by atoms with Crippen LogP contribution in [0, 0.1) is 6.92 Å². The Labute approximate surface area is 131 Å². The summed E-state index contributed by atoms with van der Waals surface area (Å²) in [7, 11) is 1.61. The van der Waals surface area contributed by atoms with Crippen LogP contribution in [0.15, 0.2) is 6.07 Å². The van der Waals surface area contributed by atoms with E-state index in [9.17, 15) is 9.59 Å². The first-order chi connectivity index (χ1) is 10.3.